The summed E-state index contributed by atoms with van der Waals surface area (Å²) in [5, 5.41) is 5.16. The van der Waals surface area contributed by atoms with Gasteiger partial charge >= 0.3 is 0 Å². The lowest BCUT2D eigenvalue weighted by Crippen LogP contribution is -1.95. The van der Waals surface area contributed by atoms with Gasteiger partial charge in [-0.2, -0.15) is 5.10 Å². The normalized spacial score (nSPS) is 10.9. The Hall–Kier alpha value is -2.20. The predicted octanol–water partition coefficient (Wildman–Crippen LogP) is 3.98. The summed E-state index contributed by atoms with van der Waals surface area (Å²) >= 11 is 6.18. The van der Waals surface area contributed by atoms with Crippen LogP contribution in [0.1, 0.15) is 11.5 Å². The van der Waals surface area contributed by atoms with E-state index < -0.39 is 0 Å². The quantitative estimate of drug-likeness (QED) is 0.775. The predicted molar refractivity (Wildman–Crippen MR) is 80.2 cm³/mol. The molecule has 0 fully saturated rings. The van der Waals surface area contributed by atoms with Gasteiger partial charge in [-0.3, -0.25) is 0 Å². The molecule has 102 valence electrons. The standard InChI is InChI=1S/C15H14ClN3O/c1-9-7-11(10(2)20-9)15-13(17)8-19(18-15)14-6-4-3-5-12(14)16/h3-8H,17H2,1-2H3. The molecule has 0 saturated carbocycles. The third-order valence-corrected chi connectivity index (χ3v) is 3.46. The highest BCUT2D eigenvalue weighted by atomic mass is 35.5. The Morgan fingerprint density at radius 3 is 2.65 bits per heavy atom. The molecule has 2 aromatic heterocycles. The summed E-state index contributed by atoms with van der Waals surface area (Å²) in [5.41, 5.74) is 9.07. The molecular formula is C15H14ClN3O. The lowest BCUT2D eigenvalue weighted by atomic mass is 10.1. The Morgan fingerprint density at radius 1 is 1.25 bits per heavy atom. The number of rotatable bonds is 2. The van der Waals surface area contributed by atoms with Crippen LogP contribution in [-0.2, 0) is 0 Å². The van der Waals surface area contributed by atoms with Crippen molar-refractivity contribution in [3.8, 4) is 16.9 Å². The number of hydrogen-bond acceptors (Lipinski definition) is 3. The second-order valence-electron chi connectivity index (χ2n) is 4.66. The molecule has 3 aromatic rings. The van der Waals surface area contributed by atoms with E-state index >= 15 is 0 Å². The van der Waals surface area contributed by atoms with Gasteiger partial charge in [0.15, 0.2) is 0 Å². The first-order valence-electron chi connectivity index (χ1n) is 6.23. The fourth-order valence-electron chi connectivity index (χ4n) is 2.22. The first-order chi connectivity index (χ1) is 9.56. The van der Waals surface area contributed by atoms with Crippen molar-refractivity contribution in [2.24, 2.45) is 0 Å². The molecule has 4 nitrogen and oxygen atoms in total. The van der Waals surface area contributed by atoms with E-state index in [1.165, 1.54) is 0 Å². The van der Waals surface area contributed by atoms with Crippen LogP contribution in [0.2, 0.25) is 5.02 Å². The minimum atomic E-state index is 0.591. The van der Waals surface area contributed by atoms with Crippen molar-refractivity contribution in [1.29, 1.82) is 0 Å². The average Bonchev–Trinajstić information content (AvgIpc) is 2.92. The van der Waals surface area contributed by atoms with Crippen molar-refractivity contribution < 1.29 is 4.42 Å². The van der Waals surface area contributed by atoms with Gasteiger partial charge in [0.05, 0.1) is 22.6 Å². The Balaban J connectivity index is 2.13. The summed E-state index contributed by atoms with van der Waals surface area (Å²) in [6, 6.07) is 9.44. The molecular weight excluding hydrogens is 274 g/mol. The van der Waals surface area contributed by atoms with Crippen LogP contribution in [0.4, 0.5) is 5.69 Å². The van der Waals surface area contributed by atoms with Gasteiger partial charge in [0.2, 0.25) is 0 Å². The summed E-state index contributed by atoms with van der Waals surface area (Å²) in [7, 11) is 0. The molecule has 0 aliphatic carbocycles. The molecule has 20 heavy (non-hydrogen) atoms. The van der Waals surface area contributed by atoms with Crippen LogP contribution in [0.25, 0.3) is 16.9 Å². The molecule has 0 aliphatic heterocycles. The van der Waals surface area contributed by atoms with Crippen LogP contribution in [0.15, 0.2) is 40.9 Å². The van der Waals surface area contributed by atoms with Crippen molar-refractivity contribution in [2.45, 2.75) is 13.8 Å². The Bertz CT molecular complexity index is 773. The number of nitrogens with two attached hydrogens (primary N) is 1. The molecule has 3 rings (SSSR count). The second-order valence-corrected chi connectivity index (χ2v) is 5.06. The number of anilines is 1. The molecule has 0 saturated heterocycles. The lowest BCUT2D eigenvalue weighted by molar-refractivity contribution is 0.505. The zero-order valence-electron chi connectivity index (χ0n) is 11.2. The number of halogens is 1. The molecule has 0 spiro atoms. The first kappa shape index (κ1) is 12.8. The Kier molecular flexibility index (Phi) is 3.03. The van der Waals surface area contributed by atoms with Gasteiger partial charge < -0.3 is 10.2 Å². The van der Waals surface area contributed by atoms with Gasteiger partial charge in [-0.15, -0.1) is 0 Å². The largest absolute Gasteiger partial charge is 0.466 e. The number of para-hydroxylation sites is 1. The van der Waals surface area contributed by atoms with Crippen LogP contribution in [0, 0.1) is 13.8 Å². The minimum Gasteiger partial charge on any atom is -0.466 e. The number of aromatic nitrogens is 2. The van der Waals surface area contributed by atoms with Gasteiger partial charge in [-0.05, 0) is 32.0 Å². The third kappa shape index (κ3) is 2.08. The van der Waals surface area contributed by atoms with Crippen LogP contribution in [0.5, 0.6) is 0 Å². The monoisotopic (exact) mass is 287 g/mol. The lowest BCUT2D eigenvalue weighted by Gasteiger charge is -2.02. The highest BCUT2D eigenvalue weighted by molar-refractivity contribution is 6.32. The summed E-state index contributed by atoms with van der Waals surface area (Å²) in [4.78, 5) is 0. The maximum atomic E-state index is 6.18. The SMILES string of the molecule is Cc1cc(-c2nn(-c3ccccc3Cl)cc2N)c(C)o1. The van der Waals surface area contributed by atoms with Crippen molar-refractivity contribution in [3.63, 3.8) is 0 Å². The highest BCUT2D eigenvalue weighted by Crippen LogP contribution is 2.31. The molecule has 0 amide bonds. The van der Waals surface area contributed by atoms with Gasteiger partial charge in [0.1, 0.15) is 17.2 Å². The number of nitrogen functional groups attached to an aromatic ring is 1. The smallest absolute Gasteiger partial charge is 0.119 e. The molecule has 1 aromatic carbocycles. The van der Waals surface area contributed by atoms with E-state index in [2.05, 4.69) is 5.10 Å². The summed E-state index contributed by atoms with van der Waals surface area (Å²) in [5.74, 6) is 1.64. The molecule has 2 heterocycles. The van der Waals surface area contributed by atoms with E-state index in [1.54, 1.807) is 10.9 Å². The molecule has 0 bridgehead atoms. The first-order valence-corrected chi connectivity index (χ1v) is 6.61. The minimum absolute atomic E-state index is 0.591. The zero-order valence-corrected chi connectivity index (χ0v) is 12.0. The average molecular weight is 288 g/mol. The molecule has 0 unspecified atom stereocenters. The van der Waals surface area contributed by atoms with E-state index in [1.807, 2.05) is 44.2 Å². The zero-order chi connectivity index (χ0) is 14.3. The highest BCUT2D eigenvalue weighted by Gasteiger charge is 2.15. The fourth-order valence-corrected chi connectivity index (χ4v) is 2.45. The van der Waals surface area contributed by atoms with Crippen molar-refractivity contribution in [2.75, 3.05) is 5.73 Å². The summed E-state index contributed by atoms with van der Waals surface area (Å²) in [6.07, 6.45) is 1.76. The van der Waals surface area contributed by atoms with Gasteiger partial charge in [0, 0.05) is 5.56 Å². The van der Waals surface area contributed by atoms with Gasteiger partial charge in [-0.1, -0.05) is 23.7 Å². The molecule has 0 aliphatic rings. The topological polar surface area (TPSA) is 57.0 Å². The van der Waals surface area contributed by atoms with Crippen LogP contribution >= 0.6 is 11.6 Å². The Morgan fingerprint density at radius 2 is 2.00 bits per heavy atom. The van der Waals surface area contributed by atoms with Crippen molar-refractivity contribution in [3.05, 3.63) is 53.1 Å². The maximum absolute atomic E-state index is 6.18. The van der Waals surface area contributed by atoms with E-state index in [-0.39, 0.29) is 0 Å². The number of benzene rings is 1. The third-order valence-electron chi connectivity index (χ3n) is 3.14. The molecule has 2 N–H and O–H groups in total. The van der Waals surface area contributed by atoms with E-state index in [0.717, 1.165) is 22.8 Å². The van der Waals surface area contributed by atoms with Crippen LogP contribution in [-0.4, -0.2) is 9.78 Å². The fraction of sp³-hybridized carbons (Fsp3) is 0.133. The summed E-state index contributed by atoms with van der Waals surface area (Å²) < 4.78 is 7.22. The molecule has 0 radical (unpaired) electrons. The van der Waals surface area contributed by atoms with E-state index in [9.17, 15) is 0 Å². The van der Waals surface area contributed by atoms with Gasteiger partial charge in [0.25, 0.3) is 0 Å². The maximum Gasteiger partial charge on any atom is 0.119 e. The van der Waals surface area contributed by atoms with Crippen LogP contribution < -0.4 is 5.73 Å². The second kappa shape index (κ2) is 4.72. The Labute approximate surface area is 121 Å². The van der Waals surface area contributed by atoms with Crippen LogP contribution in [0.3, 0.4) is 0 Å². The van der Waals surface area contributed by atoms with E-state index in [4.69, 9.17) is 21.8 Å². The van der Waals surface area contributed by atoms with Gasteiger partial charge in [-0.25, -0.2) is 4.68 Å². The number of nitrogens with zero attached hydrogens (tertiary/aromatic N) is 2. The number of furan rings is 1. The van der Waals surface area contributed by atoms with Crippen molar-refractivity contribution in [1.82, 2.24) is 9.78 Å². The summed E-state index contributed by atoms with van der Waals surface area (Å²) in [6.45, 7) is 3.80. The molecule has 5 heteroatoms. The van der Waals surface area contributed by atoms with E-state index in [0.29, 0.717) is 16.4 Å². The van der Waals surface area contributed by atoms with Crippen molar-refractivity contribution >= 4 is 17.3 Å². The number of hydrogen-bond donors (Lipinski definition) is 1. The number of aryl methyl sites for hydroxylation is 2. The molecule has 0 atom stereocenters.